The molecule has 32 heavy (non-hydrogen) atoms. The van der Waals surface area contributed by atoms with E-state index in [4.69, 9.17) is 18.9 Å². The molecule has 168 valence electrons. The van der Waals surface area contributed by atoms with E-state index in [2.05, 4.69) is 10.2 Å². The maximum Gasteiger partial charge on any atom is 0.119 e. The van der Waals surface area contributed by atoms with Crippen LogP contribution in [0.4, 0.5) is 11.4 Å². The monoisotopic (exact) mass is 434 g/mol. The van der Waals surface area contributed by atoms with Crippen molar-refractivity contribution in [3.05, 3.63) is 72.8 Å². The van der Waals surface area contributed by atoms with Crippen molar-refractivity contribution in [3.8, 4) is 23.0 Å². The molecule has 0 fully saturated rings. The molecule has 0 atom stereocenters. The van der Waals surface area contributed by atoms with Crippen molar-refractivity contribution >= 4 is 11.4 Å². The number of methoxy groups -OCH3 is 2. The molecule has 3 aromatic rings. The van der Waals surface area contributed by atoms with Gasteiger partial charge in [-0.3, -0.25) is 0 Å². The van der Waals surface area contributed by atoms with Crippen LogP contribution >= 0.6 is 0 Å². The first-order valence-electron chi connectivity index (χ1n) is 10.8. The first-order chi connectivity index (χ1) is 15.8. The van der Waals surface area contributed by atoms with Crippen LogP contribution in [0.15, 0.2) is 83.0 Å². The summed E-state index contributed by atoms with van der Waals surface area (Å²) in [5, 5.41) is 8.48. The van der Waals surface area contributed by atoms with Gasteiger partial charge < -0.3 is 18.9 Å². The number of azo groups is 1. The zero-order chi connectivity index (χ0) is 22.4. The Morgan fingerprint density at radius 2 is 0.812 bits per heavy atom. The van der Waals surface area contributed by atoms with E-state index in [1.165, 1.54) is 0 Å². The lowest BCUT2D eigenvalue weighted by atomic mass is 10.2. The second kappa shape index (κ2) is 13.0. The predicted octanol–water partition coefficient (Wildman–Crippen LogP) is 7.14. The Hall–Kier alpha value is -3.54. The highest BCUT2D eigenvalue weighted by atomic mass is 16.5. The maximum atomic E-state index is 5.82. The molecule has 3 rings (SSSR count). The topological polar surface area (TPSA) is 61.6 Å². The molecule has 0 aromatic heterocycles. The molecule has 0 saturated heterocycles. The minimum Gasteiger partial charge on any atom is -0.497 e. The van der Waals surface area contributed by atoms with Gasteiger partial charge in [0.25, 0.3) is 0 Å². The average Bonchev–Trinajstić information content (AvgIpc) is 2.85. The first kappa shape index (κ1) is 23.1. The molecule has 0 spiro atoms. The van der Waals surface area contributed by atoms with Crippen LogP contribution in [0.3, 0.4) is 0 Å². The van der Waals surface area contributed by atoms with Gasteiger partial charge in [-0.2, -0.15) is 10.2 Å². The van der Waals surface area contributed by atoms with Gasteiger partial charge in [0.15, 0.2) is 0 Å². The van der Waals surface area contributed by atoms with Crippen LogP contribution in [-0.4, -0.2) is 27.4 Å². The van der Waals surface area contributed by atoms with Gasteiger partial charge in [-0.25, -0.2) is 0 Å². The highest BCUT2D eigenvalue weighted by molar-refractivity contribution is 5.44. The van der Waals surface area contributed by atoms with Crippen molar-refractivity contribution in [1.82, 2.24) is 0 Å². The lowest BCUT2D eigenvalue weighted by Gasteiger charge is -2.08. The van der Waals surface area contributed by atoms with Gasteiger partial charge in [-0.1, -0.05) is 0 Å². The number of hydrogen-bond donors (Lipinski definition) is 0. The molecule has 3 aromatic carbocycles. The van der Waals surface area contributed by atoms with Crippen LogP contribution in [0.5, 0.6) is 23.0 Å². The van der Waals surface area contributed by atoms with E-state index in [9.17, 15) is 0 Å². The van der Waals surface area contributed by atoms with Gasteiger partial charge in [0, 0.05) is 0 Å². The molecule has 6 heteroatoms. The summed E-state index contributed by atoms with van der Waals surface area (Å²) in [4.78, 5) is 0. The van der Waals surface area contributed by atoms with Crippen LogP contribution in [0.25, 0.3) is 0 Å². The molecule has 0 aliphatic carbocycles. The minimum atomic E-state index is 0.700. The molecule has 0 aliphatic rings. The van der Waals surface area contributed by atoms with Crippen LogP contribution in [0, 0.1) is 0 Å². The molecule has 0 radical (unpaired) electrons. The normalized spacial score (nSPS) is 10.8. The summed E-state index contributed by atoms with van der Waals surface area (Å²) in [7, 11) is 3.30. The van der Waals surface area contributed by atoms with Gasteiger partial charge in [-0.05, 0) is 98.5 Å². The number of rotatable bonds is 13. The lowest BCUT2D eigenvalue weighted by molar-refractivity contribution is 0.287. The quantitative estimate of drug-likeness (QED) is 0.212. The van der Waals surface area contributed by atoms with Crippen LogP contribution < -0.4 is 18.9 Å². The standard InChI is InChI=1S/C26H30N2O4/c1-29-23-11-7-21(8-12-23)27-28-22-9-13-25(14-10-22)31-19-5-3-4-6-20-32-26-17-15-24(30-2)16-18-26/h7-18H,3-6,19-20H2,1-2H3. The minimum absolute atomic E-state index is 0.700. The van der Waals surface area contributed by atoms with Crippen molar-refractivity contribution in [2.45, 2.75) is 25.7 Å². The summed E-state index contributed by atoms with van der Waals surface area (Å²) in [5.74, 6) is 3.36. The van der Waals surface area contributed by atoms with Gasteiger partial charge in [0.1, 0.15) is 23.0 Å². The van der Waals surface area contributed by atoms with Crippen molar-refractivity contribution < 1.29 is 18.9 Å². The third-order valence-electron chi connectivity index (χ3n) is 4.83. The van der Waals surface area contributed by atoms with Crippen LogP contribution in [0.2, 0.25) is 0 Å². The molecule has 0 saturated carbocycles. The fourth-order valence-corrected chi connectivity index (χ4v) is 2.98. The molecule has 0 N–H and O–H groups in total. The fourth-order valence-electron chi connectivity index (χ4n) is 2.98. The smallest absolute Gasteiger partial charge is 0.119 e. The number of hydrogen-bond acceptors (Lipinski definition) is 6. The summed E-state index contributed by atoms with van der Waals surface area (Å²) >= 11 is 0. The third-order valence-corrected chi connectivity index (χ3v) is 4.83. The molecule has 6 nitrogen and oxygen atoms in total. The molecule has 0 amide bonds. The zero-order valence-corrected chi connectivity index (χ0v) is 18.7. The Morgan fingerprint density at radius 3 is 1.22 bits per heavy atom. The second-order valence-corrected chi connectivity index (χ2v) is 7.18. The van der Waals surface area contributed by atoms with E-state index in [0.717, 1.165) is 66.7 Å². The maximum absolute atomic E-state index is 5.82. The van der Waals surface area contributed by atoms with E-state index in [0.29, 0.717) is 6.61 Å². The van der Waals surface area contributed by atoms with Crippen molar-refractivity contribution in [3.63, 3.8) is 0 Å². The molecule has 0 unspecified atom stereocenters. The average molecular weight is 435 g/mol. The van der Waals surface area contributed by atoms with Crippen LogP contribution in [0.1, 0.15) is 25.7 Å². The Kier molecular flexibility index (Phi) is 9.39. The second-order valence-electron chi connectivity index (χ2n) is 7.18. The lowest BCUT2D eigenvalue weighted by Crippen LogP contribution is -1.99. The Balaban J connectivity index is 1.27. The molecule has 0 heterocycles. The van der Waals surface area contributed by atoms with Crippen molar-refractivity contribution in [2.24, 2.45) is 10.2 Å². The fraction of sp³-hybridized carbons (Fsp3) is 0.308. The Labute approximate surface area is 189 Å². The number of benzene rings is 3. The first-order valence-corrected chi connectivity index (χ1v) is 10.8. The van der Waals surface area contributed by atoms with Gasteiger partial charge >= 0.3 is 0 Å². The highest BCUT2D eigenvalue weighted by Gasteiger charge is 1.98. The molecule has 0 bridgehead atoms. The largest absolute Gasteiger partial charge is 0.497 e. The number of nitrogens with zero attached hydrogens (tertiary/aromatic N) is 2. The van der Waals surface area contributed by atoms with E-state index in [-0.39, 0.29) is 0 Å². The zero-order valence-electron chi connectivity index (χ0n) is 18.7. The van der Waals surface area contributed by atoms with E-state index < -0.39 is 0 Å². The molecular weight excluding hydrogens is 404 g/mol. The summed E-state index contributed by atoms with van der Waals surface area (Å²) in [6.45, 7) is 1.42. The SMILES string of the molecule is COc1ccc(N=Nc2ccc(OCCCCCCOc3ccc(OC)cc3)cc2)cc1. The van der Waals surface area contributed by atoms with Gasteiger partial charge in [0.05, 0.1) is 38.8 Å². The molecule has 0 aliphatic heterocycles. The van der Waals surface area contributed by atoms with Crippen LogP contribution in [-0.2, 0) is 0 Å². The van der Waals surface area contributed by atoms with Gasteiger partial charge in [0.2, 0.25) is 0 Å². The van der Waals surface area contributed by atoms with E-state index >= 15 is 0 Å². The third kappa shape index (κ3) is 7.95. The Morgan fingerprint density at radius 1 is 0.469 bits per heavy atom. The summed E-state index contributed by atoms with van der Waals surface area (Å²) in [6.07, 6.45) is 4.27. The summed E-state index contributed by atoms with van der Waals surface area (Å²) < 4.78 is 21.8. The van der Waals surface area contributed by atoms with Crippen molar-refractivity contribution in [2.75, 3.05) is 27.4 Å². The van der Waals surface area contributed by atoms with E-state index in [1.54, 1.807) is 14.2 Å². The summed E-state index contributed by atoms with van der Waals surface area (Å²) in [6, 6.07) is 22.8. The summed E-state index contributed by atoms with van der Waals surface area (Å²) in [5.41, 5.74) is 1.56. The highest BCUT2D eigenvalue weighted by Crippen LogP contribution is 2.23. The van der Waals surface area contributed by atoms with E-state index in [1.807, 2.05) is 72.8 Å². The Bertz CT molecular complexity index is 939. The molecular formula is C26H30N2O4. The number of ether oxygens (including phenoxy) is 4. The van der Waals surface area contributed by atoms with Crippen molar-refractivity contribution in [1.29, 1.82) is 0 Å². The number of unbranched alkanes of at least 4 members (excludes halogenated alkanes) is 3. The predicted molar refractivity (Wildman–Crippen MR) is 126 cm³/mol. The van der Waals surface area contributed by atoms with Gasteiger partial charge in [-0.15, -0.1) is 0 Å².